The molecule has 230 valence electrons. The SMILES string of the molecule is Cc1ccc(C)c(C(C(=O)Nc2c(C)cccc2Cl)N(C(=O)C(Cc2ccccc2)NC(=O)OC(C)(C)C)C(C)(C)C)c1. The molecule has 0 saturated heterocycles. The number of anilines is 1. The number of nitrogens with zero attached hydrogens (tertiary/aromatic N) is 1. The molecule has 43 heavy (non-hydrogen) atoms. The molecule has 3 aromatic rings. The maximum absolute atomic E-state index is 14.7. The van der Waals surface area contributed by atoms with Gasteiger partial charge in [0, 0.05) is 12.0 Å². The second-order valence-corrected chi connectivity index (χ2v) is 13.4. The molecule has 3 amide bonds. The molecular formula is C35H44ClN3O4. The summed E-state index contributed by atoms with van der Waals surface area (Å²) in [7, 11) is 0. The van der Waals surface area contributed by atoms with E-state index in [9.17, 15) is 14.4 Å². The monoisotopic (exact) mass is 605 g/mol. The van der Waals surface area contributed by atoms with Gasteiger partial charge < -0.3 is 20.3 Å². The van der Waals surface area contributed by atoms with Crippen LogP contribution in [0.4, 0.5) is 10.5 Å². The largest absolute Gasteiger partial charge is 0.444 e. The number of carbonyl (C=O) groups is 3. The van der Waals surface area contributed by atoms with Crippen LogP contribution in [0.1, 0.15) is 75.4 Å². The van der Waals surface area contributed by atoms with Crippen molar-refractivity contribution in [1.82, 2.24) is 10.2 Å². The van der Waals surface area contributed by atoms with Crippen molar-refractivity contribution in [2.75, 3.05) is 5.32 Å². The number of nitrogens with one attached hydrogen (secondary N) is 2. The van der Waals surface area contributed by atoms with Gasteiger partial charge in [-0.1, -0.05) is 77.8 Å². The Morgan fingerprint density at radius 3 is 2.09 bits per heavy atom. The summed E-state index contributed by atoms with van der Waals surface area (Å²) in [5.74, 6) is -0.831. The molecule has 0 spiro atoms. The lowest BCUT2D eigenvalue weighted by molar-refractivity contribution is -0.146. The van der Waals surface area contributed by atoms with E-state index in [1.807, 2.05) is 102 Å². The Kier molecular flexibility index (Phi) is 10.7. The fourth-order valence-corrected chi connectivity index (χ4v) is 5.22. The molecule has 0 radical (unpaired) electrons. The Hall–Kier alpha value is -3.84. The van der Waals surface area contributed by atoms with Gasteiger partial charge >= 0.3 is 6.09 Å². The number of rotatable bonds is 8. The van der Waals surface area contributed by atoms with Crippen molar-refractivity contribution in [3.05, 3.63) is 99.6 Å². The third-order valence-electron chi connectivity index (χ3n) is 6.94. The molecule has 0 heterocycles. The maximum atomic E-state index is 14.7. The number of ether oxygens (including phenoxy) is 1. The first kappa shape index (κ1) is 33.7. The van der Waals surface area contributed by atoms with Crippen LogP contribution in [0.15, 0.2) is 66.7 Å². The number of halogens is 1. The van der Waals surface area contributed by atoms with Crippen LogP contribution in [0.5, 0.6) is 0 Å². The molecule has 0 aliphatic rings. The summed E-state index contributed by atoms with van der Waals surface area (Å²) in [5.41, 5.74) is 3.01. The third-order valence-corrected chi connectivity index (χ3v) is 7.25. The summed E-state index contributed by atoms with van der Waals surface area (Å²) in [6.07, 6.45) is -0.508. The molecule has 7 nitrogen and oxygen atoms in total. The van der Waals surface area contributed by atoms with Gasteiger partial charge in [-0.05, 0) is 90.6 Å². The Labute approximate surface area is 261 Å². The van der Waals surface area contributed by atoms with Crippen molar-refractivity contribution in [3.8, 4) is 0 Å². The molecule has 0 bridgehead atoms. The van der Waals surface area contributed by atoms with Gasteiger partial charge in [0.15, 0.2) is 0 Å². The summed E-state index contributed by atoms with van der Waals surface area (Å²) >= 11 is 6.51. The van der Waals surface area contributed by atoms with E-state index in [1.165, 1.54) is 0 Å². The predicted molar refractivity (Wildman–Crippen MR) is 173 cm³/mol. The highest BCUT2D eigenvalue weighted by Gasteiger charge is 2.42. The smallest absolute Gasteiger partial charge is 0.408 e. The first-order chi connectivity index (χ1) is 20.0. The van der Waals surface area contributed by atoms with E-state index >= 15 is 0 Å². The molecule has 0 saturated carbocycles. The summed E-state index contributed by atoms with van der Waals surface area (Å²) in [6, 6.07) is 18.6. The van der Waals surface area contributed by atoms with Crippen LogP contribution in [0, 0.1) is 20.8 Å². The van der Waals surface area contributed by atoms with Crippen LogP contribution >= 0.6 is 11.6 Å². The first-order valence-corrected chi connectivity index (χ1v) is 14.9. The van der Waals surface area contributed by atoms with E-state index < -0.39 is 41.1 Å². The number of para-hydroxylation sites is 1. The normalized spacial score (nSPS) is 13.1. The van der Waals surface area contributed by atoms with Gasteiger partial charge in [0.25, 0.3) is 5.91 Å². The number of amides is 3. The topological polar surface area (TPSA) is 87.7 Å². The van der Waals surface area contributed by atoms with Crippen LogP contribution in [-0.4, -0.2) is 40.0 Å². The standard InChI is InChI=1S/C35H44ClN3O4/c1-22-18-19-23(2)26(20-22)30(31(40)38-29-24(3)14-13-17-27(29)36)39(34(4,5)6)32(41)28(21-25-15-11-10-12-16-25)37-33(42)43-35(7,8)9/h10-20,28,30H,21H2,1-9H3,(H,37,42)(H,38,40). The highest BCUT2D eigenvalue weighted by atomic mass is 35.5. The number of alkyl carbamates (subject to hydrolysis) is 1. The van der Waals surface area contributed by atoms with Gasteiger partial charge in [0.1, 0.15) is 17.7 Å². The minimum absolute atomic E-state index is 0.205. The summed E-state index contributed by atoms with van der Waals surface area (Å²) in [5, 5.41) is 6.22. The van der Waals surface area contributed by atoms with Crippen molar-refractivity contribution in [2.45, 2.75) is 92.0 Å². The van der Waals surface area contributed by atoms with Crippen LogP contribution in [-0.2, 0) is 20.7 Å². The lowest BCUT2D eigenvalue weighted by Crippen LogP contribution is -2.58. The molecule has 0 aliphatic heterocycles. The molecule has 3 aromatic carbocycles. The van der Waals surface area contributed by atoms with E-state index in [2.05, 4.69) is 10.6 Å². The predicted octanol–water partition coefficient (Wildman–Crippen LogP) is 7.71. The lowest BCUT2D eigenvalue weighted by atomic mass is 9.91. The zero-order valence-electron chi connectivity index (χ0n) is 26.7. The van der Waals surface area contributed by atoms with E-state index in [-0.39, 0.29) is 6.42 Å². The quantitative estimate of drug-likeness (QED) is 0.275. The van der Waals surface area contributed by atoms with E-state index in [4.69, 9.17) is 16.3 Å². The maximum Gasteiger partial charge on any atom is 0.408 e. The fourth-order valence-electron chi connectivity index (χ4n) is 4.95. The van der Waals surface area contributed by atoms with Crippen molar-refractivity contribution in [3.63, 3.8) is 0 Å². The molecule has 8 heteroatoms. The van der Waals surface area contributed by atoms with Crippen LogP contribution in [0.3, 0.4) is 0 Å². The molecule has 0 fully saturated rings. The fraction of sp³-hybridized carbons (Fsp3) is 0.400. The summed E-state index contributed by atoms with van der Waals surface area (Å²) in [4.78, 5) is 43.7. The second-order valence-electron chi connectivity index (χ2n) is 13.0. The van der Waals surface area contributed by atoms with E-state index in [1.54, 1.807) is 31.7 Å². The zero-order valence-corrected chi connectivity index (χ0v) is 27.4. The Morgan fingerprint density at radius 2 is 1.51 bits per heavy atom. The number of hydrogen-bond acceptors (Lipinski definition) is 4. The Morgan fingerprint density at radius 1 is 0.860 bits per heavy atom. The van der Waals surface area contributed by atoms with Gasteiger partial charge in [-0.3, -0.25) is 9.59 Å². The molecule has 0 aromatic heterocycles. The first-order valence-electron chi connectivity index (χ1n) is 14.5. The van der Waals surface area contributed by atoms with Crippen LogP contribution in [0.25, 0.3) is 0 Å². The van der Waals surface area contributed by atoms with Crippen molar-refractivity contribution < 1.29 is 19.1 Å². The van der Waals surface area contributed by atoms with Gasteiger partial charge in [-0.15, -0.1) is 0 Å². The number of aryl methyl sites for hydroxylation is 3. The van der Waals surface area contributed by atoms with E-state index in [0.29, 0.717) is 16.3 Å². The zero-order chi connectivity index (χ0) is 32.1. The highest BCUT2D eigenvalue weighted by molar-refractivity contribution is 6.34. The molecule has 2 N–H and O–H groups in total. The minimum atomic E-state index is -1.04. The van der Waals surface area contributed by atoms with E-state index in [0.717, 1.165) is 22.3 Å². The average Bonchev–Trinajstić information content (AvgIpc) is 2.89. The highest BCUT2D eigenvalue weighted by Crippen LogP contribution is 2.35. The number of hydrogen-bond donors (Lipinski definition) is 2. The van der Waals surface area contributed by atoms with Crippen LogP contribution < -0.4 is 10.6 Å². The third kappa shape index (κ3) is 9.07. The number of benzene rings is 3. The molecule has 2 unspecified atom stereocenters. The molecule has 3 rings (SSSR count). The second kappa shape index (κ2) is 13.6. The van der Waals surface area contributed by atoms with Crippen molar-refractivity contribution in [1.29, 1.82) is 0 Å². The lowest BCUT2D eigenvalue weighted by Gasteiger charge is -2.43. The van der Waals surface area contributed by atoms with Gasteiger partial charge in [-0.2, -0.15) is 0 Å². The molecule has 2 atom stereocenters. The van der Waals surface area contributed by atoms with Crippen molar-refractivity contribution >= 4 is 35.2 Å². The van der Waals surface area contributed by atoms with Gasteiger partial charge in [0.05, 0.1) is 10.7 Å². The molecule has 0 aliphatic carbocycles. The minimum Gasteiger partial charge on any atom is -0.444 e. The number of carbonyl (C=O) groups excluding carboxylic acids is 3. The van der Waals surface area contributed by atoms with Gasteiger partial charge in [0.2, 0.25) is 5.91 Å². The van der Waals surface area contributed by atoms with Gasteiger partial charge in [-0.25, -0.2) is 4.79 Å². The Balaban J connectivity index is 2.17. The summed E-state index contributed by atoms with van der Waals surface area (Å²) < 4.78 is 5.54. The Bertz CT molecular complexity index is 1440. The van der Waals surface area contributed by atoms with Crippen LogP contribution in [0.2, 0.25) is 5.02 Å². The molecular weight excluding hydrogens is 562 g/mol. The average molecular weight is 606 g/mol. The summed E-state index contributed by atoms with van der Waals surface area (Å²) in [6.45, 7) is 16.7. The van der Waals surface area contributed by atoms with Crippen molar-refractivity contribution in [2.24, 2.45) is 0 Å².